The van der Waals surface area contributed by atoms with Gasteiger partial charge in [0.05, 0.1) is 17.5 Å². The second kappa shape index (κ2) is 8.12. The second-order valence-corrected chi connectivity index (χ2v) is 5.53. The SMILES string of the molecule is CC(C)C(CN)C(=O)N(C)CCOc1ccccc1Cl. The molecule has 0 aromatic heterocycles. The van der Waals surface area contributed by atoms with Crippen LogP contribution in [0.15, 0.2) is 24.3 Å². The van der Waals surface area contributed by atoms with E-state index in [9.17, 15) is 4.79 Å². The van der Waals surface area contributed by atoms with Crippen molar-refractivity contribution in [1.82, 2.24) is 4.90 Å². The number of nitrogens with zero attached hydrogens (tertiary/aromatic N) is 1. The summed E-state index contributed by atoms with van der Waals surface area (Å²) in [5, 5.41) is 0.573. The van der Waals surface area contributed by atoms with Gasteiger partial charge in [-0.2, -0.15) is 0 Å². The Bertz CT molecular complexity index is 438. The van der Waals surface area contributed by atoms with E-state index >= 15 is 0 Å². The van der Waals surface area contributed by atoms with Crippen LogP contribution in [0, 0.1) is 11.8 Å². The minimum absolute atomic E-state index is 0.0604. The summed E-state index contributed by atoms with van der Waals surface area (Å²) in [6.45, 7) is 5.29. The minimum atomic E-state index is -0.139. The lowest BCUT2D eigenvalue weighted by molar-refractivity contribution is -0.135. The summed E-state index contributed by atoms with van der Waals surface area (Å²) in [7, 11) is 1.77. The number of hydrogen-bond donors (Lipinski definition) is 1. The molecule has 1 rings (SSSR count). The molecule has 0 saturated heterocycles. The van der Waals surface area contributed by atoms with Gasteiger partial charge in [-0.05, 0) is 18.1 Å². The Balaban J connectivity index is 2.45. The third-order valence-electron chi connectivity index (χ3n) is 3.27. The summed E-state index contributed by atoms with van der Waals surface area (Å²) < 4.78 is 5.57. The van der Waals surface area contributed by atoms with Gasteiger partial charge in [0.2, 0.25) is 5.91 Å². The molecule has 0 aliphatic heterocycles. The van der Waals surface area contributed by atoms with E-state index in [1.165, 1.54) is 0 Å². The maximum absolute atomic E-state index is 12.2. The van der Waals surface area contributed by atoms with Crippen LogP contribution in [0.5, 0.6) is 5.75 Å². The number of amides is 1. The van der Waals surface area contributed by atoms with Crippen LogP contribution in [0.1, 0.15) is 13.8 Å². The highest BCUT2D eigenvalue weighted by Crippen LogP contribution is 2.22. The Morgan fingerprint density at radius 2 is 2.05 bits per heavy atom. The molecular formula is C15H23ClN2O2. The van der Waals surface area contributed by atoms with Crippen LogP contribution < -0.4 is 10.5 Å². The molecule has 0 aliphatic carbocycles. The highest BCUT2D eigenvalue weighted by molar-refractivity contribution is 6.32. The third kappa shape index (κ3) is 4.69. The van der Waals surface area contributed by atoms with Crippen LogP contribution in [-0.2, 0) is 4.79 Å². The number of halogens is 1. The van der Waals surface area contributed by atoms with Crippen LogP contribution in [0.4, 0.5) is 0 Å². The number of hydrogen-bond acceptors (Lipinski definition) is 3. The number of likely N-dealkylation sites (N-methyl/N-ethyl adjacent to an activating group) is 1. The first-order valence-corrected chi connectivity index (χ1v) is 7.17. The molecule has 0 fully saturated rings. The Morgan fingerprint density at radius 1 is 1.40 bits per heavy atom. The number of carbonyl (C=O) groups is 1. The van der Waals surface area contributed by atoms with E-state index in [1.807, 2.05) is 26.0 Å². The number of benzene rings is 1. The van der Waals surface area contributed by atoms with Crippen LogP contribution in [0.25, 0.3) is 0 Å². The molecule has 4 nitrogen and oxygen atoms in total. The number of carbonyl (C=O) groups excluding carboxylic acids is 1. The fraction of sp³-hybridized carbons (Fsp3) is 0.533. The van der Waals surface area contributed by atoms with E-state index in [1.54, 1.807) is 24.1 Å². The van der Waals surface area contributed by atoms with Crippen molar-refractivity contribution < 1.29 is 9.53 Å². The zero-order valence-corrected chi connectivity index (χ0v) is 13.1. The van der Waals surface area contributed by atoms with Crippen molar-refractivity contribution in [2.75, 3.05) is 26.7 Å². The van der Waals surface area contributed by atoms with Gasteiger partial charge in [-0.1, -0.05) is 37.6 Å². The van der Waals surface area contributed by atoms with Gasteiger partial charge in [-0.15, -0.1) is 0 Å². The first-order valence-electron chi connectivity index (χ1n) is 6.79. The summed E-state index contributed by atoms with van der Waals surface area (Å²) in [4.78, 5) is 13.9. The Kier molecular flexibility index (Phi) is 6.82. The average molecular weight is 299 g/mol. The molecule has 0 spiro atoms. The highest BCUT2D eigenvalue weighted by atomic mass is 35.5. The van der Waals surface area contributed by atoms with Crippen molar-refractivity contribution in [3.05, 3.63) is 29.3 Å². The summed E-state index contributed by atoms with van der Waals surface area (Å²) in [6, 6.07) is 7.29. The zero-order chi connectivity index (χ0) is 15.1. The number of rotatable bonds is 7. The molecule has 0 radical (unpaired) electrons. The van der Waals surface area contributed by atoms with E-state index in [0.717, 1.165) is 0 Å². The summed E-state index contributed by atoms with van der Waals surface area (Å²) in [5.41, 5.74) is 5.66. The van der Waals surface area contributed by atoms with Gasteiger partial charge in [0.1, 0.15) is 12.4 Å². The molecule has 0 aliphatic rings. The summed E-state index contributed by atoms with van der Waals surface area (Å²) in [6.07, 6.45) is 0. The van der Waals surface area contributed by atoms with Gasteiger partial charge >= 0.3 is 0 Å². The molecule has 5 heteroatoms. The molecule has 1 amide bonds. The predicted molar refractivity (Wildman–Crippen MR) is 82.0 cm³/mol. The Hall–Kier alpha value is -1.26. The molecule has 0 saturated carbocycles. The van der Waals surface area contributed by atoms with Gasteiger partial charge in [0.25, 0.3) is 0 Å². The van der Waals surface area contributed by atoms with Crippen LogP contribution in [-0.4, -0.2) is 37.6 Å². The molecule has 1 aromatic rings. The molecule has 0 bridgehead atoms. The lowest BCUT2D eigenvalue weighted by atomic mass is 9.94. The molecule has 1 unspecified atom stereocenters. The molecule has 0 heterocycles. The topological polar surface area (TPSA) is 55.6 Å². The van der Waals surface area contributed by atoms with E-state index in [0.29, 0.717) is 30.5 Å². The molecule has 2 N–H and O–H groups in total. The highest BCUT2D eigenvalue weighted by Gasteiger charge is 2.23. The van der Waals surface area contributed by atoms with E-state index in [-0.39, 0.29) is 17.7 Å². The quantitative estimate of drug-likeness (QED) is 0.841. The predicted octanol–water partition coefficient (Wildman–Crippen LogP) is 2.41. The average Bonchev–Trinajstić information content (AvgIpc) is 2.41. The van der Waals surface area contributed by atoms with Crippen molar-refractivity contribution in [2.24, 2.45) is 17.6 Å². The lowest BCUT2D eigenvalue weighted by Crippen LogP contribution is -2.40. The van der Waals surface area contributed by atoms with E-state index in [2.05, 4.69) is 0 Å². The largest absolute Gasteiger partial charge is 0.490 e. The first-order chi connectivity index (χ1) is 9.47. The van der Waals surface area contributed by atoms with Crippen LogP contribution >= 0.6 is 11.6 Å². The monoisotopic (exact) mass is 298 g/mol. The fourth-order valence-electron chi connectivity index (χ4n) is 1.91. The third-order valence-corrected chi connectivity index (χ3v) is 3.59. The van der Waals surface area contributed by atoms with Gasteiger partial charge in [0.15, 0.2) is 0 Å². The second-order valence-electron chi connectivity index (χ2n) is 5.12. The maximum atomic E-state index is 12.2. The van der Waals surface area contributed by atoms with Gasteiger partial charge in [-0.3, -0.25) is 4.79 Å². The van der Waals surface area contributed by atoms with Crippen molar-refractivity contribution in [1.29, 1.82) is 0 Å². The van der Waals surface area contributed by atoms with E-state index in [4.69, 9.17) is 22.1 Å². The molecule has 1 aromatic carbocycles. The van der Waals surface area contributed by atoms with Gasteiger partial charge in [0, 0.05) is 13.6 Å². The number of ether oxygens (including phenoxy) is 1. The fourth-order valence-corrected chi connectivity index (χ4v) is 2.10. The van der Waals surface area contributed by atoms with Crippen molar-refractivity contribution in [2.45, 2.75) is 13.8 Å². The standard InChI is InChI=1S/C15H23ClN2O2/c1-11(2)12(10-17)15(19)18(3)8-9-20-14-7-5-4-6-13(14)16/h4-7,11-12H,8-10,17H2,1-3H3. The summed E-state index contributed by atoms with van der Waals surface area (Å²) in [5.74, 6) is 0.791. The Morgan fingerprint density at radius 3 is 2.60 bits per heavy atom. The molecular weight excluding hydrogens is 276 g/mol. The lowest BCUT2D eigenvalue weighted by Gasteiger charge is -2.25. The molecule has 20 heavy (non-hydrogen) atoms. The van der Waals surface area contributed by atoms with Crippen LogP contribution in [0.3, 0.4) is 0 Å². The first kappa shape index (κ1) is 16.8. The van der Waals surface area contributed by atoms with Crippen LogP contribution in [0.2, 0.25) is 5.02 Å². The normalized spacial score (nSPS) is 12.3. The maximum Gasteiger partial charge on any atom is 0.227 e. The zero-order valence-electron chi connectivity index (χ0n) is 12.3. The van der Waals surface area contributed by atoms with Gasteiger partial charge < -0.3 is 15.4 Å². The van der Waals surface area contributed by atoms with E-state index < -0.39 is 0 Å². The molecule has 112 valence electrons. The Labute approximate surface area is 125 Å². The van der Waals surface area contributed by atoms with Crippen molar-refractivity contribution in [3.63, 3.8) is 0 Å². The number of nitrogens with two attached hydrogens (primary N) is 1. The molecule has 1 atom stereocenters. The summed E-state index contributed by atoms with van der Waals surface area (Å²) >= 11 is 5.99. The van der Waals surface area contributed by atoms with Crippen molar-refractivity contribution >= 4 is 17.5 Å². The van der Waals surface area contributed by atoms with Gasteiger partial charge in [-0.25, -0.2) is 0 Å². The smallest absolute Gasteiger partial charge is 0.227 e. The van der Waals surface area contributed by atoms with Crippen molar-refractivity contribution in [3.8, 4) is 5.75 Å². The minimum Gasteiger partial charge on any atom is -0.490 e. The number of para-hydroxylation sites is 1.